The highest BCUT2D eigenvalue weighted by atomic mass is 32.2. The molecule has 1 saturated heterocycles. The highest BCUT2D eigenvalue weighted by molar-refractivity contribution is 7.89. The zero-order chi connectivity index (χ0) is 23.3. The number of rotatable bonds is 7. The second-order valence-corrected chi connectivity index (χ2v) is 10.3. The van der Waals surface area contributed by atoms with Crippen LogP contribution in [0.3, 0.4) is 0 Å². The maximum absolute atomic E-state index is 12.9. The van der Waals surface area contributed by atoms with Crippen molar-refractivity contribution in [1.29, 1.82) is 5.26 Å². The molecule has 10 heteroatoms. The number of benzene rings is 1. The van der Waals surface area contributed by atoms with Gasteiger partial charge in [0.25, 0.3) is 5.91 Å². The summed E-state index contributed by atoms with van der Waals surface area (Å²) < 4.78 is 27.7. The van der Waals surface area contributed by atoms with Crippen LogP contribution in [0.15, 0.2) is 65.0 Å². The first-order valence-electron chi connectivity index (χ1n) is 10.5. The molecule has 1 aliphatic rings. The van der Waals surface area contributed by atoms with Crippen molar-refractivity contribution in [1.82, 2.24) is 14.6 Å². The predicted octanol–water partition coefficient (Wildman–Crippen LogP) is 2.50. The summed E-state index contributed by atoms with van der Waals surface area (Å²) in [5.74, 6) is 0.588. The number of thiophene rings is 1. The zero-order valence-electron chi connectivity index (χ0n) is 17.8. The van der Waals surface area contributed by atoms with Crippen molar-refractivity contribution in [2.75, 3.05) is 37.6 Å². The van der Waals surface area contributed by atoms with E-state index < -0.39 is 10.0 Å². The van der Waals surface area contributed by atoms with Crippen LogP contribution in [0, 0.1) is 11.3 Å². The number of sulfonamides is 1. The molecule has 0 unspecified atom stereocenters. The summed E-state index contributed by atoms with van der Waals surface area (Å²) in [5.41, 5.74) is 1.00. The molecule has 170 valence electrons. The fraction of sp³-hybridized carbons (Fsp3) is 0.261. The monoisotopic (exact) mass is 481 g/mol. The van der Waals surface area contributed by atoms with Gasteiger partial charge in [0.1, 0.15) is 5.82 Å². The van der Waals surface area contributed by atoms with E-state index >= 15 is 0 Å². The average molecular weight is 482 g/mol. The number of piperazine rings is 1. The van der Waals surface area contributed by atoms with E-state index in [0.717, 1.165) is 10.7 Å². The molecule has 1 aromatic carbocycles. The summed E-state index contributed by atoms with van der Waals surface area (Å²) in [4.78, 5) is 22.3. The van der Waals surface area contributed by atoms with Crippen molar-refractivity contribution < 1.29 is 13.2 Å². The fourth-order valence-corrected chi connectivity index (χ4v) is 5.35. The van der Waals surface area contributed by atoms with Crippen LogP contribution in [0.25, 0.3) is 0 Å². The van der Waals surface area contributed by atoms with Gasteiger partial charge in [0, 0.05) is 49.4 Å². The van der Waals surface area contributed by atoms with E-state index in [0.29, 0.717) is 50.3 Å². The molecule has 8 nitrogen and oxygen atoms in total. The van der Waals surface area contributed by atoms with Gasteiger partial charge in [-0.2, -0.15) is 5.26 Å². The number of nitriles is 1. The van der Waals surface area contributed by atoms with Gasteiger partial charge in [-0.05, 0) is 54.3 Å². The number of carbonyl (C=O) groups excluding carboxylic acids is 1. The van der Waals surface area contributed by atoms with E-state index in [9.17, 15) is 13.2 Å². The number of aromatic nitrogens is 1. The Hall–Kier alpha value is -3.26. The van der Waals surface area contributed by atoms with Crippen molar-refractivity contribution in [3.63, 3.8) is 0 Å². The standard InChI is InChI=1S/C23H23N5O3S2/c24-17-18-7-9-25-22(16-18)27-11-13-28(14-12-27)23(29)19-3-5-21(6-4-19)33(30,31)26-10-8-20-2-1-15-32-20/h1-7,9,15-16,26H,8,10-14H2. The molecule has 33 heavy (non-hydrogen) atoms. The number of hydrogen-bond acceptors (Lipinski definition) is 7. The molecule has 0 spiro atoms. The summed E-state index contributed by atoms with van der Waals surface area (Å²) >= 11 is 1.59. The van der Waals surface area contributed by atoms with Gasteiger partial charge in [0.2, 0.25) is 10.0 Å². The van der Waals surface area contributed by atoms with Gasteiger partial charge in [0.05, 0.1) is 16.5 Å². The third-order valence-corrected chi connectivity index (χ3v) is 7.83. The van der Waals surface area contributed by atoms with Crippen LogP contribution in [0.4, 0.5) is 5.82 Å². The highest BCUT2D eigenvalue weighted by Gasteiger charge is 2.23. The molecule has 1 fully saturated rings. The Morgan fingerprint density at radius 2 is 1.88 bits per heavy atom. The lowest BCUT2D eigenvalue weighted by atomic mass is 10.2. The van der Waals surface area contributed by atoms with Gasteiger partial charge < -0.3 is 9.80 Å². The van der Waals surface area contributed by atoms with E-state index in [-0.39, 0.29) is 10.8 Å². The van der Waals surface area contributed by atoms with Crippen LogP contribution in [-0.4, -0.2) is 56.9 Å². The minimum Gasteiger partial charge on any atom is -0.353 e. The van der Waals surface area contributed by atoms with Gasteiger partial charge >= 0.3 is 0 Å². The number of nitrogens with zero attached hydrogens (tertiary/aromatic N) is 4. The third-order valence-electron chi connectivity index (χ3n) is 5.42. The SMILES string of the molecule is N#Cc1ccnc(N2CCN(C(=O)c3ccc(S(=O)(=O)NCCc4cccs4)cc3)CC2)c1. The van der Waals surface area contributed by atoms with Gasteiger partial charge in [0.15, 0.2) is 0 Å². The Bertz CT molecular complexity index is 1240. The Morgan fingerprint density at radius 3 is 2.55 bits per heavy atom. The van der Waals surface area contributed by atoms with Gasteiger partial charge in [-0.25, -0.2) is 18.1 Å². The highest BCUT2D eigenvalue weighted by Crippen LogP contribution is 2.18. The molecule has 0 aliphatic carbocycles. The molecule has 0 bridgehead atoms. The summed E-state index contributed by atoms with van der Waals surface area (Å²) in [6.45, 7) is 2.56. The molecule has 4 rings (SSSR count). The molecule has 3 heterocycles. The molecule has 1 amide bonds. The Morgan fingerprint density at radius 1 is 1.12 bits per heavy atom. The largest absolute Gasteiger partial charge is 0.353 e. The molecule has 0 saturated carbocycles. The maximum Gasteiger partial charge on any atom is 0.253 e. The molecule has 0 atom stereocenters. The normalized spacial score (nSPS) is 14.2. The number of anilines is 1. The van der Waals surface area contributed by atoms with Crippen molar-refractivity contribution in [3.8, 4) is 6.07 Å². The molecule has 3 aromatic rings. The minimum absolute atomic E-state index is 0.136. The van der Waals surface area contributed by atoms with Crippen molar-refractivity contribution in [3.05, 3.63) is 76.1 Å². The summed E-state index contributed by atoms with van der Waals surface area (Å²) in [5, 5.41) is 11.0. The smallest absolute Gasteiger partial charge is 0.253 e. The quantitative estimate of drug-likeness (QED) is 0.556. The van der Waals surface area contributed by atoms with Crippen LogP contribution >= 0.6 is 11.3 Å². The first-order valence-corrected chi connectivity index (χ1v) is 12.8. The lowest BCUT2D eigenvalue weighted by molar-refractivity contribution is 0.0746. The summed E-state index contributed by atoms with van der Waals surface area (Å²) in [6.07, 6.45) is 2.24. The Balaban J connectivity index is 1.33. The van der Waals surface area contributed by atoms with E-state index in [2.05, 4.69) is 15.8 Å². The number of nitrogens with one attached hydrogen (secondary N) is 1. The second kappa shape index (κ2) is 10.1. The van der Waals surface area contributed by atoms with Crippen molar-refractivity contribution >= 4 is 33.1 Å². The van der Waals surface area contributed by atoms with Crippen molar-refractivity contribution in [2.45, 2.75) is 11.3 Å². The average Bonchev–Trinajstić information content (AvgIpc) is 3.37. The number of amides is 1. The number of pyridine rings is 1. The summed E-state index contributed by atoms with van der Waals surface area (Å²) in [7, 11) is -3.63. The fourth-order valence-electron chi connectivity index (χ4n) is 3.61. The van der Waals surface area contributed by atoms with Gasteiger partial charge in [-0.1, -0.05) is 6.07 Å². The van der Waals surface area contributed by atoms with E-state index in [1.54, 1.807) is 46.7 Å². The lowest BCUT2D eigenvalue weighted by Crippen LogP contribution is -2.49. The first kappa shape index (κ1) is 22.9. The van der Waals surface area contributed by atoms with Crippen LogP contribution in [-0.2, 0) is 16.4 Å². The zero-order valence-corrected chi connectivity index (χ0v) is 19.5. The van der Waals surface area contributed by atoms with E-state index in [1.165, 1.54) is 12.1 Å². The van der Waals surface area contributed by atoms with E-state index in [1.807, 2.05) is 22.4 Å². The third kappa shape index (κ3) is 5.57. The molecule has 1 aliphatic heterocycles. The van der Waals surface area contributed by atoms with Crippen LogP contribution in [0.5, 0.6) is 0 Å². The van der Waals surface area contributed by atoms with Crippen LogP contribution in [0.2, 0.25) is 0 Å². The molecular formula is C23H23N5O3S2. The van der Waals surface area contributed by atoms with Gasteiger partial charge in [-0.3, -0.25) is 4.79 Å². The van der Waals surface area contributed by atoms with Crippen LogP contribution < -0.4 is 9.62 Å². The molecular weight excluding hydrogens is 458 g/mol. The van der Waals surface area contributed by atoms with Gasteiger partial charge in [-0.15, -0.1) is 11.3 Å². The minimum atomic E-state index is -3.63. The molecule has 1 N–H and O–H groups in total. The molecule has 2 aromatic heterocycles. The lowest BCUT2D eigenvalue weighted by Gasteiger charge is -2.35. The predicted molar refractivity (Wildman–Crippen MR) is 127 cm³/mol. The first-order chi connectivity index (χ1) is 16.0. The van der Waals surface area contributed by atoms with Crippen molar-refractivity contribution in [2.24, 2.45) is 0 Å². The topological polar surface area (TPSA) is 106 Å². The molecule has 0 radical (unpaired) electrons. The number of carbonyl (C=O) groups is 1. The Kier molecular flexibility index (Phi) is 7.03. The van der Waals surface area contributed by atoms with E-state index in [4.69, 9.17) is 5.26 Å². The Labute approximate surface area is 197 Å². The number of hydrogen-bond donors (Lipinski definition) is 1. The second-order valence-electron chi connectivity index (χ2n) is 7.55. The van der Waals surface area contributed by atoms with Crippen LogP contribution in [0.1, 0.15) is 20.8 Å². The maximum atomic E-state index is 12.9. The summed E-state index contributed by atoms with van der Waals surface area (Å²) in [6, 6.07) is 15.5.